The van der Waals surface area contributed by atoms with Crippen molar-refractivity contribution in [3.63, 3.8) is 0 Å². The number of aryl methyl sites for hydroxylation is 1. The Kier molecular flexibility index (Phi) is 4.15. The van der Waals surface area contributed by atoms with Crippen LogP contribution in [0.4, 0.5) is 5.69 Å². The van der Waals surface area contributed by atoms with Gasteiger partial charge in [-0.15, -0.1) is 11.3 Å². The maximum absolute atomic E-state index is 11.4. The van der Waals surface area contributed by atoms with Crippen LogP contribution in [0.2, 0.25) is 0 Å². The van der Waals surface area contributed by atoms with Crippen LogP contribution in [0.1, 0.15) is 15.4 Å². The predicted octanol–water partition coefficient (Wildman–Crippen LogP) is 2.76. The zero-order valence-electron chi connectivity index (χ0n) is 13.9. The number of carbonyl (C=O) groups excluding carboxylic acids is 1. The number of rotatable bonds is 5. The third kappa shape index (κ3) is 2.93. The van der Waals surface area contributed by atoms with Gasteiger partial charge in [0, 0.05) is 23.5 Å². The number of fused-ring (bicyclic) bond motifs is 1. The maximum Gasteiger partial charge on any atom is 0.284 e. The van der Waals surface area contributed by atoms with Gasteiger partial charge in [0.15, 0.2) is 0 Å². The van der Waals surface area contributed by atoms with Gasteiger partial charge >= 0.3 is 0 Å². The van der Waals surface area contributed by atoms with E-state index in [9.17, 15) is 4.79 Å². The van der Waals surface area contributed by atoms with E-state index in [1.165, 1.54) is 11.3 Å². The van der Waals surface area contributed by atoms with Crippen molar-refractivity contribution in [3.8, 4) is 11.4 Å². The molecular weight excluding hydrogens is 352 g/mol. The van der Waals surface area contributed by atoms with Gasteiger partial charge in [-0.05, 0) is 31.2 Å². The number of thiophene rings is 1. The second-order valence-corrected chi connectivity index (χ2v) is 6.60. The van der Waals surface area contributed by atoms with Crippen molar-refractivity contribution in [1.82, 2.24) is 24.6 Å². The molecule has 0 aliphatic rings. The van der Waals surface area contributed by atoms with Gasteiger partial charge in [-0.2, -0.15) is 5.10 Å². The van der Waals surface area contributed by atoms with E-state index in [2.05, 4.69) is 15.4 Å². The van der Waals surface area contributed by atoms with Crippen LogP contribution in [-0.4, -0.2) is 30.3 Å². The fourth-order valence-electron chi connectivity index (χ4n) is 2.77. The standard InChI is InChI=1S/C17H16N6O2S/c1-11-16(23-6-3-2-4-15(23)19-11)13-5-7-22(20-13)10-18-12-8-14(26-9-12)17(24)21-25/h2-9,18,25H,10H2,1H3,(H,21,24). The van der Waals surface area contributed by atoms with Gasteiger partial charge < -0.3 is 5.32 Å². The lowest BCUT2D eigenvalue weighted by molar-refractivity contribution is 0.0711. The van der Waals surface area contributed by atoms with E-state index in [1.807, 2.05) is 53.4 Å². The summed E-state index contributed by atoms with van der Waals surface area (Å²) < 4.78 is 3.80. The van der Waals surface area contributed by atoms with Crippen molar-refractivity contribution in [1.29, 1.82) is 0 Å². The first-order valence-electron chi connectivity index (χ1n) is 7.90. The van der Waals surface area contributed by atoms with Crippen LogP contribution in [0.3, 0.4) is 0 Å². The number of hydrogen-bond donors (Lipinski definition) is 3. The summed E-state index contributed by atoms with van der Waals surface area (Å²) >= 11 is 1.25. The largest absolute Gasteiger partial charge is 0.366 e. The van der Waals surface area contributed by atoms with Crippen LogP contribution in [0.25, 0.3) is 17.0 Å². The zero-order valence-corrected chi connectivity index (χ0v) is 14.7. The molecule has 0 radical (unpaired) electrons. The first kappa shape index (κ1) is 16.3. The number of nitrogens with one attached hydrogen (secondary N) is 2. The van der Waals surface area contributed by atoms with E-state index in [1.54, 1.807) is 16.2 Å². The molecule has 9 heteroatoms. The molecule has 3 N–H and O–H groups in total. The molecule has 4 aromatic heterocycles. The highest BCUT2D eigenvalue weighted by Gasteiger charge is 2.13. The van der Waals surface area contributed by atoms with Gasteiger partial charge in [-0.1, -0.05) is 6.07 Å². The second kappa shape index (κ2) is 6.62. The first-order chi connectivity index (χ1) is 12.7. The second-order valence-electron chi connectivity index (χ2n) is 5.69. The van der Waals surface area contributed by atoms with Gasteiger partial charge in [0.2, 0.25) is 0 Å². The number of amides is 1. The molecule has 0 bridgehead atoms. The molecule has 26 heavy (non-hydrogen) atoms. The number of aromatic nitrogens is 4. The number of anilines is 1. The highest BCUT2D eigenvalue weighted by molar-refractivity contribution is 7.12. The fourth-order valence-corrected chi connectivity index (χ4v) is 3.53. The van der Waals surface area contributed by atoms with Crippen molar-refractivity contribution in [2.75, 3.05) is 5.32 Å². The van der Waals surface area contributed by atoms with Crippen LogP contribution in [-0.2, 0) is 6.67 Å². The third-order valence-electron chi connectivity index (χ3n) is 3.96. The fraction of sp³-hybridized carbons (Fsp3) is 0.118. The van der Waals surface area contributed by atoms with E-state index < -0.39 is 5.91 Å². The molecule has 132 valence electrons. The predicted molar refractivity (Wildman–Crippen MR) is 98.3 cm³/mol. The molecule has 1 amide bonds. The van der Waals surface area contributed by atoms with Crippen LogP contribution in [0.5, 0.6) is 0 Å². The van der Waals surface area contributed by atoms with Crippen LogP contribution >= 0.6 is 11.3 Å². The van der Waals surface area contributed by atoms with Crippen molar-refractivity contribution in [2.24, 2.45) is 0 Å². The number of hydrogen-bond acceptors (Lipinski definition) is 6. The van der Waals surface area contributed by atoms with Gasteiger partial charge in [0.1, 0.15) is 18.0 Å². The summed E-state index contributed by atoms with van der Waals surface area (Å²) in [5, 5.41) is 18.3. The normalized spacial score (nSPS) is 11.0. The summed E-state index contributed by atoms with van der Waals surface area (Å²) in [5.74, 6) is -0.521. The van der Waals surface area contributed by atoms with E-state index in [4.69, 9.17) is 5.21 Å². The Morgan fingerprint density at radius 2 is 2.19 bits per heavy atom. The van der Waals surface area contributed by atoms with E-state index >= 15 is 0 Å². The Morgan fingerprint density at radius 3 is 3.04 bits per heavy atom. The molecule has 0 saturated heterocycles. The molecule has 0 unspecified atom stereocenters. The van der Waals surface area contributed by atoms with Crippen LogP contribution in [0, 0.1) is 6.92 Å². The molecule has 0 aromatic carbocycles. The summed E-state index contributed by atoms with van der Waals surface area (Å²) in [4.78, 5) is 16.4. The molecule has 0 aliphatic carbocycles. The van der Waals surface area contributed by atoms with Gasteiger partial charge in [0.25, 0.3) is 5.91 Å². The summed E-state index contributed by atoms with van der Waals surface area (Å²) in [7, 11) is 0. The monoisotopic (exact) mass is 368 g/mol. The number of pyridine rings is 1. The van der Waals surface area contributed by atoms with E-state index in [0.717, 1.165) is 28.4 Å². The SMILES string of the molecule is Cc1nc2ccccn2c1-c1ccn(CNc2csc(C(=O)NO)c2)n1. The Morgan fingerprint density at radius 1 is 1.31 bits per heavy atom. The van der Waals surface area contributed by atoms with Crippen molar-refractivity contribution in [2.45, 2.75) is 13.6 Å². The molecule has 0 aliphatic heterocycles. The van der Waals surface area contributed by atoms with E-state index in [-0.39, 0.29) is 0 Å². The molecule has 0 atom stereocenters. The summed E-state index contributed by atoms with van der Waals surface area (Å²) in [6, 6.07) is 9.51. The topological polar surface area (TPSA) is 96.5 Å². The highest BCUT2D eigenvalue weighted by atomic mass is 32.1. The first-order valence-corrected chi connectivity index (χ1v) is 8.78. The zero-order chi connectivity index (χ0) is 18.1. The van der Waals surface area contributed by atoms with Crippen molar-refractivity contribution in [3.05, 3.63) is 58.7 Å². The quantitative estimate of drug-likeness (QED) is 0.372. The number of hydroxylamine groups is 1. The Balaban J connectivity index is 1.52. The Labute approximate surface area is 152 Å². The smallest absolute Gasteiger partial charge is 0.284 e. The third-order valence-corrected chi connectivity index (χ3v) is 4.89. The maximum atomic E-state index is 11.4. The minimum Gasteiger partial charge on any atom is -0.366 e. The number of carbonyl (C=O) groups is 1. The van der Waals surface area contributed by atoms with Gasteiger partial charge in [-0.3, -0.25) is 19.1 Å². The lowest BCUT2D eigenvalue weighted by atomic mass is 10.2. The average molecular weight is 368 g/mol. The molecule has 4 heterocycles. The molecule has 4 rings (SSSR count). The molecule has 4 aromatic rings. The Hall–Kier alpha value is -3.17. The molecular formula is C17H16N6O2S. The van der Waals surface area contributed by atoms with Crippen LogP contribution in [0.15, 0.2) is 48.1 Å². The summed E-state index contributed by atoms with van der Waals surface area (Å²) in [5.41, 5.74) is 6.04. The molecule has 0 spiro atoms. The lowest BCUT2D eigenvalue weighted by Crippen LogP contribution is -2.17. The molecule has 0 fully saturated rings. The highest BCUT2D eigenvalue weighted by Crippen LogP contribution is 2.23. The van der Waals surface area contributed by atoms with Gasteiger partial charge in [0.05, 0.1) is 16.3 Å². The minimum atomic E-state index is -0.521. The van der Waals surface area contributed by atoms with Crippen molar-refractivity contribution < 1.29 is 10.0 Å². The lowest BCUT2D eigenvalue weighted by Gasteiger charge is -2.04. The van der Waals surface area contributed by atoms with E-state index in [0.29, 0.717) is 11.5 Å². The van der Waals surface area contributed by atoms with Crippen LogP contribution < -0.4 is 10.8 Å². The summed E-state index contributed by atoms with van der Waals surface area (Å²) in [6.07, 6.45) is 3.86. The number of nitrogens with zero attached hydrogens (tertiary/aromatic N) is 4. The minimum absolute atomic E-state index is 0.428. The average Bonchev–Trinajstić information content (AvgIpc) is 3.36. The van der Waals surface area contributed by atoms with Gasteiger partial charge in [-0.25, -0.2) is 10.5 Å². The molecule has 8 nitrogen and oxygen atoms in total. The Bertz CT molecular complexity index is 1080. The number of imidazole rings is 1. The summed E-state index contributed by atoms with van der Waals surface area (Å²) in [6.45, 7) is 2.42. The van der Waals surface area contributed by atoms with Crippen molar-refractivity contribution >= 4 is 28.6 Å². The molecule has 0 saturated carbocycles.